The highest BCUT2D eigenvalue weighted by atomic mass is 16.3. The predicted octanol–water partition coefficient (Wildman–Crippen LogP) is 3.49. The highest BCUT2D eigenvalue weighted by Crippen LogP contribution is 2.18. The number of carbonyl (C=O) groups excluding carboxylic acids is 1. The van der Waals surface area contributed by atoms with Crippen LogP contribution in [0.5, 0.6) is 5.75 Å². The summed E-state index contributed by atoms with van der Waals surface area (Å²) in [5.74, 6) is -0.530. The maximum atomic E-state index is 12.5. The van der Waals surface area contributed by atoms with Gasteiger partial charge in [-0.2, -0.15) is 5.10 Å². The van der Waals surface area contributed by atoms with Gasteiger partial charge in [-0.25, -0.2) is 4.68 Å². The lowest BCUT2D eigenvalue weighted by Crippen LogP contribution is -2.29. The number of hydrogen-bond acceptors (Lipinski definition) is 4. The van der Waals surface area contributed by atoms with E-state index in [9.17, 15) is 9.90 Å². The van der Waals surface area contributed by atoms with Crippen LogP contribution in [0.2, 0.25) is 0 Å². The molecule has 1 aliphatic rings. The van der Waals surface area contributed by atoms with Crippen molar-refractivity contribution < 1.29 is 9.90 Å². The molecule has 0 radical (unpaired) electrons. The molecule has 1 fully saturated rings. The maximum absolute atomic E-state index is 12.5. The SMILES string of the molecule is O=C(NCc1ccc(CN2CCCCC2)cc1)c1nn(-c2ccccc2)cc1O. The van der Waals surface area contributed by atoms with Crippen LogP contribution in [0.1, 0.15) is 40.9 Å². The Morgan fingerprint density at radius 2 is 1.66 bits per heavy atom. The fraction of sp³-hybridized carbons (Fsp3) is 0.304. The van der Waals surface area contributed by atoms with E-state index in [-0.39, 0.29) is 11.4 Å². The van der Waals surface area contributed by atoms with E-state index >= 15 is 0 Å². The Hall–Kier alpha value is -3.12. The van der Waals surface area contributed by atoms with Crippen molar-refractivity contribution >= 4 is 5.91 Å². The summed E-state index contributed by atoms with van der Waals surface area (Å²) in [5, 5.41) is 17.2. The van der Waals surface area contributed by atoms with E-state index in [1.807, 2.05) is 42.5 Å². The second-order valence-electron chi connectivity index (χ2n) is 7.48. The number of likely N-dealkylation sites (tertiary alicyclic amines) is 1. The number of amides is 1. The number of aromatic hydroxyl groups is 1. The van der Waals surface area contributed by atoms with Gasteiger partial charge in [0.05, 0.1) is 11.9 Å². The first kappa shape index (κ1) is 19.2. The Morgan fingerprint density at radius 1 is 0.966 bits per heavy atom. The van der Waals surface area contributed by atoms with Gasteiger partial charge >= 0.3 is 0 Å². The van der Waals surface area contributed by atoms with Gasteiger partial charge < -0.3 is 10.4 Å². The molecule has 29 heavy (non-hydrogen) atoms. The minimum Gasteiger partial charge on any atom is -0.504 e. The monoisotopic (exact) mass is 390 g/mol. The molecule has 0 atom stereocenters. The molecular weight excluding hydrogens is 364 g/mol. The average Bonchev–Trinajstić information content (AvgIpc) is 3.16. The third kappa shape index (κ3) is 4.84. The van der Waals surface area contributed by atoms with E-state index in [1.54, 1.807) is 0 Å². The number of hydrogen-bond donors (Lipinski definition) is 2. The van der Waals surface area contributed by atoms with Crippen LogP contribution in [0.15, 0.2) is 60.8 Å². The fourth-order valence-corrected chi connectivity index (χ4v) is 3.64. The molecule has 1 aliphatic heterocycles. The molecule has 150 valence electrons. The number of nitrogens with one attached hydrogen (secondary N) is 1. The van der Waals surface area contributed by atoms with Gasteiger partial charge in [0, 0.05) is 13.1 Å². The highest BCUT2D eigenvalue weighted by molar-refractivity contribution is 5.94. The van der Waals surface area contributed by atoms with Gasteiger partial charge in [-0.15, -0.1) is 0 Å². The third-order valence-corrected chi connectivity index (χ3v) is 5.26. The summed E-state index contributed by atoms with van der Waals surface area (Å²) in [5.41, 5.74) is 3.12. The molecule has 1 amide bonds. The lowest BCUT2D eigenvalue weighted by Gasteiger charge is -2.26. The first-order valence-electron chi connectivity index (χ1n) is 10.1. The van der Waals surface area contributed by atoms with Crippen molar-refractivity contribution in [3.63, 3.8) is 0 Å². The fourth-order valence-electron chi connectivity index (χ4n) is 3.64. The van der Waals surface area contributed by atoms with Gasteiger partial charge in [0.25, 0.3) is 5.91 Å². The first-order valence-corrected chi connectivity index (χ1v) is 10.1. The van der Waals surface area contributed by atoms with Crippen molar-refractivity contribution in [1.82, 2.24) is 20.0 Å². The topological polar surface area (TPSA) is 70.4 Å². The largest absolute Gasteiger partial charge is 0.504 e. The summed E-state index contributed by atoms with van der Waals surface area (Å²) < 4.78 is 1.50. The van der Waals surface area contributed by atoms with Crippen LogP contribution in [0.4, 0.5) is 0 Å². The normalized spacial score (nSPS) is 14.6. The average molecular weight is 390 g/mol. The maximum Gasteiger partial charge on any atom is 0.275 e. The van der Waals surface area contributed by atoms with E-state index in [2.05, 4.69) is 27.4 Å². The van der Waals surface area contributed by atoms with Crippen LogP contribution in [-0.2, 0) is 13.1 Å². The molecule has 6 heteroatoms. The van der Waals surface area contributed by atoms with Crippen LogP contribution < -0.4 is 5.32 Å². The number of nitrogens with zero attached hydrogens (tertiary/aromatic N) is 3. The minimum absolute atomic E-state index is 0.0237. The van der Waals surface area contributed by atoms with E-state index in [1.165, 1.54) is 48.8 Å². The molecule has 2 aromatic carbocycles. The molecule has 1 aromatic heterocycles. The summed E-state index contributed by atoms with van der Waals surface area (Å²) in [6.07, 6.45) is 5.36. The molecule has 4 rings (SSSR count). The van der Waals surface area contributed by atoms with E-state index < -0.39 is 5.91 Å². The number of rotatable bonds is 6. The van der Waals surface area contributed by atoms with Crippen LogP contribution >= 0.6 is 0 Å². The lowest BCUT2D eigenvalue weighted by molar-refractivity contribution is 0.0943. The molecule has 2 N–H and O–H groups in total. The summed E-state index contributed by atoms with van der Waals surface area (Å²) >= 11 is 0. The van der Waals surface area contributed by atoms with Crippen LogP contribution in [0.25, 0.3) is 5.69 Å². The van der Waals surface area contributed by atoms with Gasteiger partial charge in [-0.05, 0) is 49.2 Å². The Morgan fingerprint density at radius 3 is 2.38 bits per heavy atom. The van der Waals surface area contributed by atoms with Gasteiger partial charge in [0.15, 0.2) is 11.4 Å². The zero-order valence-corrected chi connectivity index (χ0v) is 16.4. The van der Waals surface area contributed by atoms with Crippen LogP contribution in [0, 0.1) is 0 Å². The zero-order chi connectivity index (χ0) is 20.1. The Balaban J connectivity index is 1.34. The summed E-state index contributed by atoms with van der Waals surface area (Å²) in [6, 6.07) is 17.7. The van der Waals surface area contributed by atoms with E-state index in [0.29, 0.717) is 6.54 Å². The van der Waals surface area contributed by atoms with Gasteiger partial charge in [-0.1, -0.05) is 48.9 Å². The number of benzene rings is 2. The molecule has 0 saturated carbocycles. The van der Waals surface area contributed by atoms with Crippen molar-refractivity contribution in [2.45, 2.75) is 32.4 Å². The molecular formula is C23H26N4O2. The summed E-state index contributed by atoms with van der Waals surface area (Å²) in [4.78, 5) is 15.0. The first-order chi connectivity index (χ1) is 14.2. The van der Waals surface area contributed by atoms with Crippen molar-refractivity contribution in [1.29, 1.82) is 0 Å². The number of piperidine rings is 1. The molecule has 0 aliphatic carbocycles. The molecule has 6 nitrogen and oxygen atoms in total. The quantitative estimate of drug-likeness (QED) is 0.676. The standard InChI is InChI=1S/C23H26N4O2/c28-21-17-27(20-7-3-1-4-8-20)25-22(21)23(29)24-15-18-9-11-19(12-10-18)16-26-13-5-2-6-14-26/h1,3-4,7-12,17,28H,2,5-6,13-16H2,(H,24,29). The minimum atomic E-state index is -0.394. The molecule has 3 aromatic rings. The molecule has 1 saturated heterocycles. The Bertz CT molecular complexity index is 945. The second-order valence-corrected chi connectivity index (χ2v) is 7.48. The van der Waals surface area contributed by atoms with Crippen LogP contribution in [-0.4, -0.2) is 38.8 Å². The molecule has 0 spiro atoms. The second kappa shape index (κ2) is 8.92. The summed E-state index contributed by atoms with van der Waals surface area (Å²) in [7, 11) is 0. The third-order valence-electron chi connectivity index (χ3n) is 5.26. The van der Waals surface area contributed by atoms with E-state index in [0.717, 1.165) is 17.8 Å². The van der Waals surface area contributed by atoms with Crippen LogP contribution in [0.3, 0.4) is 0 Å². The van der Waals surface area contributed by atoms with Gasteiger partial charge in [0.1, 0.15) is 0 Å². The molecule has 2 heterocycles. The number of aromatic nitrogens is 2. The predicted molar refractivity (Wildman–Crippen MR) is 112 cm³/mol. The lowest BCUT2D eigenvalue weighted by atomic mass is 10.1. The van der Waals surface area contributed by atoms with Crippen molar-refractivity contribution in [3.05, 3.63) is 77.6 Å². The highest BCUT2D eigenvalue weighted by Gasteiger charge is 2.17. The Labute approximate surface area is 170 Å². The van der Waals surface area contributed by atoms with E-state index in [4.69, 9.17) is 0 Å². The zero-order valence-electron chi connectivity index (χ0n) is 16.4. The smallest absolute Gasteiger partial charge is 0.275 e. The molecule has 0 bridgehead atoms. The number of carbonyl (C=O) groups is 1. The van der Waals surface area contributed by atoms with Crippen molar-refractivity contribution in [3.8, 4) is 11.4 Å². The van der Waals surface area contributed by atoms with Crippen molar-refractivity contribution in [2.75, 3.05) is 13.1 Å². The number of para-hydroxylation sites is 1. The molecule has 0 unspecified atom stereocenters. The summed E-state index contributed by atoms with van der Waals surface area (Å²) in [6.45, 7) is 3.73. The van der Waals surface area contributed by atoms with Gasteiger partial charge in [0.2, 0.25) is 0 Å². The Kier molecular flexibility index (Phi) is 5.91. The van der Waals surface area contributed by atoms with Gasteiger partial charge in [-0.3, -0.25) is 9.69 Å². The van der Waals surface area contributed by atoms with Crippen molar-refractivity contribution in [2.24, 2.45) is 0 Å².